The van der Waals surface area contributed by atoms with Crippen LogP contribution in [0.5, 0.6) is 0 Å². The molecule has 0 fully saturated rings. The fourth-order valence-electron chi connectivity index (χ4n) is 2.07. The van der Waals surface area contributed by atoms with Gasteiger partial charge < -0.3 is 15.2 Å². The van der Waals surface area contributed by atoms with Gasteiger partial charge in [-0.3, -0.25) is 25.6 Å². The molecule has 0 aliphatic heterocycles. The van der Waals surface area contributed by atoms with Crippen LogP contribution in [0.15, 0.2) is 18.2 Å². The van der Waals surface area contributed by atoms with E-state index < -0.39 is 42.5 Å². The van der Waals surface area contributed by atoms with Crippen LogP contribution in [-0.2, 0) is 25.5 Å². The molecular formula is C17H20Cl2N4O6. The number of carboxylic acid groups (broad SMARTS) is 1. The number of ether oxygens (including phenoxy) is 1. The second-order valence-corrected chi connectivity index (χ2v) is 6.94. The number of amides is 3. The van der Waals surface area contributed by atoms with Crippen LogP contribution in [0.25, 0.3) is 0 Å². The van der Waals surface area contributed by atoms with Crippen molar-refractivity contribution < 1.29 is 29.0 Å². The van der Waals surface area contributed by atoms with E-state index in [9.17, 15) is 19.2 Å². The molecule has 0 radical (unpaired) electrons. The van der Waals surface area contributed by atoms with E-state index in [1.807, 2.05) is 5.32 Å². The van der Waals surface area contributed by atoms with Crippen molar-refractivity contribution in [2.45, 2.75) is 26.3 Å². The van der Waals surface area contributed by atoms with Gasteiger partial charge in [-0.15, -0.1) is 0 Å². The van der Waals surface area contributed by atoms with E-state index in [2.05, 4.69) is 15.4 Å². The number of alkyl carbamates (subject to hydrolysis) is 1. The highest BCUT2D eigenvalue weighted by molar-refractivity contribution is 6.36. The summed E-state index contributed by atoms with van der Waals surface area (Å²) in [5, 5.41) is 23.3. The average Bonchev–Trinajstić information content (AvgIpc) is 2.60. The Bertz CT molecular complexity index is 795. The summed E-state index contributed by atoms with van der Waals surface area (Å²) in [6.07, 6.45) is -1.41. The van der Waals surface area contributed by atoms with Crippen LogP contribution >= 0.6 is 23.2 Å². The van der Waals surface area contributed by atoms with Gasteiger partial charge in [0.15, 0.2) is 6.61 Å². The Morgan fingerprint density at radius 2 is 1.69 bits per heavy atom. The predicted molar refractivity (Wildman–Crippen MR) is 105 cm³/mol. The molecule has 10 nitrogen and oxygen atoms in total. The molecular weight excluding hydrogens is 427 g/mol. The van der Waals surface area contributed by atoms with Crippen LogP contribution in [-0.4, -0.2) is 47.6 Å². The van der Waals surface area contributed by atoms with Crippen LogP contribution in [0.2, 0.25) is 10.0 Å². The van der Waals surface area contributed by atoms with Crippen molar-refractivity contribution in [3.63, 3.8) is 0 Å². The highest BCUT2D eigenvalue weighted by atomic mass is 35.5. The molecule has 12 heteroatoms. The molecule has 0 unspecified atom stereocenters. The lowest BCUT2D eigenvalue weighted by Gasteiger charge is -2.17. The molecule has 0 saturated heterocycles. The number of carboxylic acids is 1. The monoisotopic (exact) mass is 446 g/mol. The van der Waals surface area contributed by atoms with Crippen molar-refractivity contribution >= 4 is 53.0 Å². The molecule has 0 aliphatic carbocycles. The van der Waals surface area contributed by atoms with Gasteiger partial charge in [0, 0.05) is 10.0 Å². The number of hydrogen-bond donors (Lipinski definition) is 5. The van der Waals surface area contributed by atoms with E-state index in [4.69, 9.17) is 33.7 Å². The summed E-state index contributed by atoms with van der Waals surface area (Å²) in [5.41, 5.74) is 0.360. The summed E-state index contributed by atoms with van der Waals surface area (Å²) in [7, 11) is 0. The topological polar surface area (TPSA) is 158 Å². The Balaban J connectivity index is 2.44. The molecule has 0 heterocycles. The third-order valence-corrected chi connectivity index (χ3v) is 4.18. The first-order valence-electron chi connectivity index (χ1n) is 8.28. The zero-order chi connectivity index (χ0) is 22.1. The van der Waals surface area contributed by atoms with Gasteiger partial charge in [0.1, 0.15) is 6.04 Å². The third kappa shape index (κ3) is 8.36. The Kier molecular flexibility index (Phi) is 9.36. The van der Waals surface area contributed by atoms with Crippen molar-refractivity contribution in [3.05, 3.63) is 33.8 Å². The number of carbonyl (C=O) groups is 4. The number of benzene rings is 1. The number of carbonyl (C=O) groups excluding carboxylic acids is 3. The van der Waals surface area contributed by atoms with Gasteiger partial charge in [-0.2, -0.15) is 0 Å². The van der Waals surface area contributed by atoms with Crippen molar-refractivity contribution in [3.8, 4) is 0 Å². The number of guanidine groups is 1. The van der Waals surface area contributed by atoms with Crippen molar-refractivity contribution in [2.75, 3.05) is 6.61 Å². The Morgan fingerprint density at radius 1 is 1.10 bits per heavy atom. The molecule has 158 valence electrons. The minimum absolute atomic E-state index is 0.230. The molecule has 1 rings (SSSR count). The summed E-state index contributed by atoms with van der Waals surface area (Å²) >= 11 is 11.9. The van der Waals surface area contributed by atoms with Crippen molar-refractivity contribution in [1.29, 1.82) is 5.41 Å². The maximum absolute atomic E-state index is 11.9. The summed E-state index contributed by atoms with van der Waals surface area (Å²) in [5.74, 6) is -3.77. The minimum Gasteiger partial charge on any atom is -0.480 e. The average molecular weight is 447 g/mol. The van der Waals surface area contributed by atoms with Gasteiger partial charge in [0.25, 0.3) is 5.91 Å². The SMILES string of the molecule is CC(C)[C@@H](NC(=O)COC(=O)NC(=N)NC(=O)Cc1c(Cl)cccc1Cl)C(=O)O. The summed E-state index contributed by atoms with van der Waals surface area (Å²) < 4.78 is 4.58. The molecule has 1 atom stereocenters. The van der Waals surface area contributed by atoms with E-state index in [0.29, 0.717) is 5.56 Å². The molecule has 3 amide bonds. The molecule has 1 aromatic rings. The van der Waals surface area contributed by atoms with E-state index in [1.165, 1.54) is 0 Å². The standard InChI is InChI=1S/C17H20Cl2N4O6/c1-8(2)14(15(26)27)21-13(25)7-29-17(28)23-16(20)22-12(24)6-9-10(18)4-3-5-11(9)19/h3-5,8,14H,6-7H2,1-2H3,(H,21,25)(H,26,27)(H3,20,22,23,24,28)/t14-/m1/s1. The Morgan fingerprint density at radius 3 is 2.21 bits per heavy atom. The smallest absolute Gasteiger partial charge is 0.414 e. The van der Waals surface area contributed by atoms with Crippen LogP contribution in [0.4, 0.5) is 4.79 Å². The first kappa shape index (κ1) is 24.2. The Labute approximate surface area is 176 Å². The highest BCUT2D eigenvalue weighted by Crippen LogP contribution is 2.24. The lowest BCUT2D eigenvalue weighted by molar-refractivity contribution is -0.143. The molecule has 0 aromatic heterocycles. The summed E-state index contributed by atoms with van der Waals surface area (Å²) in [6.45, 7) is 2.44. The zero-order valence-corrected chi connectivity index (χ0v) is 17.1. The van der Waals surface area contributed by atoms with Gasteiger partial charge in [-0.25, -0.2) is 9.59 Å². The number of halogens is 2. The third-order valence-electron chi connectivity index (χ3n) is 3.47. The predicted octanol–water partition coefficient (Wildman–Crippen LogP) is 1.54. The van der Waals surface area contributed by atoms with E-state index in [0.717, 1.165) is 0 Å². The van der Waals surface area contributed by atoms with Gasteiger partial charge in [0.2, 0.25) is 11.9 Å². The second kappa shape index (κ2) is 11.2. The molecule has 5 N–H and O–H groups in total. The van der Waals surface area contributed by atoms with Crippen LogP contribution in [0.1, 0.15) is 19.4 Å². The molecule has 29 heavy (non-hydrogen) atoms. The summed E-state index contributed by atoms with van der Waals surface area (Å²) in [4.78, 5) is 46.2. The number of hydrogen-bond acceptors (Lipinski definition) is 6. The van der Waals surface area contributed by atoms with Crippen LogP contribution in [0, 0.1) is 11.3 Å². The largest absolute Gasteiger partial charge is 0.480 e. The van der Waals surface area contributed by atoms with Gasteiger partial charge in [0.05, 0.1) is 6.42 Å². The van der Waals surface area contributed by atoms with Crippen LogP contribution in [0.3, 0.4) is 0 Å². The van der Waals surface area contributed by atoms with E-state index in [-0.39, 0.29) is 22.4 Å². The number of aliphatic carboxylic acids is 1. The number of rotatable bonds is 7. The molecule has 0 spiro atoms. The maximum Gasteiger partial charge on any atom is 0.414 e. The zero-order valence-electron chi connectivity index (χ0n) is 15.5. The lowest BCUT2D eigenvalue weighted by atomic mass is 10.1. The second-order valence-electron chi connectivity index (χ2n) is 6.13. The van der Waals surface area contributed by atoms with Crippen molar-refractivity contribution in [2.24, 2.45) is 5.92 Å². The fraction of sp³-hybridized carbons (Fsp3) is 0.353. The normalized spacial score (nSPS) is 11.3. The lowest BCUT2D eigenvalue weighted by Crippen LogP contribution is -2.47. The molecule has 0 bridgehead atoms. The van der Waals surface area contributed by atoms with Gasteiger partial charge in [-0.05, 0) is 23.6 Å². The Hall–Kier alpha value is -2.85. The van der Waals surface area contributed by atoms with Crippen LogP contribution < -0.4 is 16.0 Å². The molecule has 0 saturated carbocycles. The molecule has 1 aromatic carbocycles. The van der Waals surface area contributed by atoms with Gasteiger partial charge >= 0.3 is 12.1 Å². The quantitative estimate of drug-likeness (QED) is 0.315. The summed E-state index contributed by atoms with van der Waals surface area (Å²) in [6, 6.07) is 3.58. The first-order valence-corrected chi connectivity index (χ1v) is 9.04. The first-order chi connectivity index (χ1) is 13.5. The van der Waals surface area contributed by atoms with Crippen molar-refractivity contribution in [1.82, 2.24) is 16.0 Å². The fourth-order valence-corrected chi connectivity index (χ4v) is 2.61. The molecule has 0 aliphatic rings. The highest BCUT2D eigenvalue weighted by Gasteiger charge is 2.24. The number of nitrogens with one attached hydrogen (secondary N) is 4. The maximum atomic E-state index is 11.9. The van der Waals surface area contributed by atoms with E-state index >= 15 is 0 Å². The minimum atomic E-state index is -1.22. The van der Waals surface area contributed by atoms with Gasteiger partial charge in [-0.1, -0.05) is 43.1 Å². The van der Waals surface area contributed by atoms with E-state index in [1.54, 1.807) is 32.0 Å².